The molecular formula is C17H20N4S2. The van der Waals surface area contributed by atoms with Crippen LogP contribution in [0.4, 0.5) is 0 Å². The second kappa shape index (κ2) is 7.05. The molecule has 1 saturated heterocycles. The Labute approximate surface area is 144 Å². The maximum atomic E-state index is 4.30. The summed E-state index contributed by atoms with van der Waals surface area (Å²) in [6, 6.07) is 8.65. The fraction of sp³-hybridized carbons (Fsp3) is 0.412. The average Bonchev–Trinajstić information content (AvgIpc) is 3.29. The molecule has 0 amide bonds. The Morgan fingerprint density at radius 1 is 1.00 bits per heavy atom. The summed E-state index contributed by atoms with van der Waals surface area (Å²) in [4.78, 5) is 3.96. The summed E-state index contributed by atoms with van der Waals surface area (Å²) in [6.45, 7) is 5.43. The standard InChI is InChI=1S/C17H20N4S2/c1-2-6-21(5-1)11-14-7-15(22-12-14)10-18-9-13-3-4-16-17(8-13)20-23-19-16/h3-4,7-8,12,18H,1-2,5-6,9-11H2. The molecule has 4 rings (SSSR count). The summed E-state index contributed by atoms with van der Waals surface area (Å²) < 4.78 is 8.54. The number of likely N-dealkylation sites (tertiary alicyclic amines) is 1. The smallest absolute Gasteiger partial charge is 0.105 e. The van der Waals surface area contributed by atoms with Gasteiger partial charge < -0.3 is 5.32 Å². The lowest BCUT2D eigenvalue weighted by molar-refractivity contribution is 0.332. The number of nitrogens with one attached hydrogen (secondary N) is 1. The molecule has 1 aliphatic heterocycles. The third-order valence-corrected chi connectivity index (χ3v) is 5.80. The van der Waals surface area contributed by atoms with Crippen LogP contribution in [-0.4, -0.2) is 26.7 Å². The highest BCUT2D eigenvalue weighted by Crippen LogP contribution is 2.19. The maximum absolute atomic E-state index is 4.30. The zero-order chi connectivity index (χ0) is 15.5. The van der Waals surface area contributed by atoms with Crippen LogP contribution < -0.4 is 5.32 Å². The number of benzene rings is 1. The van der Waals surface area contributed by atoms with E-state index in [0.29, 0.717) is 0 Å². The molecule has 0 bridgehead atoms. The molecule has 1 aromatic carbocycles. The Bertz CT molecular complexity index is 774. The van der Waals surface area contributed by atoms with E-state index in [4.69, 9.17) is 0 Å². The summed E-state index contributed by atoms with van der Waals surface area (Å²) >= 11 is 3.14. The van der Waals surface area contributed by atoms with Gasteiger partial charge in [0.05, 0.1) is 11.7 Å². The Morgan fingerprint density at radius 2 is 1.87 bits per heavy atom. The molecular weight excluding hydrogens is 324 g/mol. The topological polar surface area (TPSA) is 41.1 Å². The number of nitrogens with zero attached hydrogens (tertiary/aromatic N) is 3. The number of rotatable bonds is 6. The third kappa shape index (κ3) is 3.77. The van der Waals surface area contributed by atoms with E-state index in [1.54, 1.807) is 0 Å². The van der Waals surface area contributed by atoms with Gasteiger partial charge in [0.25, 0.3) is 0 Å². The van der Waals surface area contributed by atoms with Crippen LogP contribution in [0.25, 0.3) is 11.0 Å². The van der Waals surface area contributed by atoms with Gasteiger partial charge in [-0.05, 0) is 60.6 Å². The summed E-state index contributed by atoms with van der Waals surface area (Å²) in [6.07, 6.45) is 2.72. The van der Waals surface area contributed by atoms with E-state index in [9.17, 15) is 0 Å². The van der Waals surface area contributed by atoms with Crippen LogP contribution in [0.2, 0.25) is 0 Å². The van der Waals surface area contributed by atoms with Gasteiger partial charge in [-0.1, -0.05) is 6.07 Å². The zero-order valence-corrected chi connectivity index (χ0v) is 14.6. The van der Waals surface area contributed by atoms with Gasteiger partial charge in [-0.3, -0.25) is 4.90 Å². The number of hydrogen-bond acceptors (Lipinski definition) is 6. The van der Waals surface area contributed by atoms with Gasteiger partial charge in [0, 0.05) is 24.5 Å². The number of aromatic nitrogens is 2. The molecule has 0 unspecified atom stereocenters. The second-order valence-corrected chi connectivity index (χ2v) is 7.62. The Hall–Kier alpha value is -1.34. The first-order chi connectivity index (χ1) is 11.4. The van der Waals surface area contributed by atoms with Crippen molar-refractivity contribution >= 4 is 34.1 Å². The molecule has 23 heavy (non-hydrogen) atoms. The van der Waals surface area contributed by atoms with E-state index in [1.165, 1.54) is 53.7 Å². The Kier molecular flexibility index (Phi) is 4.66. The van der Waals surface area contributed by atoms with Gasteiger partial charge in [-0.25, -0.2) is 0 Å². The average molecular weight is 345 g/mol. The number of hydrogen-bond donors (Lipinski definition) is 1. The van der Waals surface area contributed by atoms with Crippen molar-refractivity contribution in [3.8, 4) is 0 Å². The van der Waals surface area contributed by atoms with Crippen molar-refractivity contribution < 1.29 is 0 Å². The normalized spacial score (nSPS) is 15.7. The van der Waals surface area contributed by atoms with E-state index >= 15 is 0 Å². The van der Waals surface area contributed by atoms with Gasteiger partial charge in [-0.2, -0.15) is 8.75 Å². The van der Waals surface area contributed by atoms with Gasteiger partial charge in [-0.15, -0.1) is 11.3 Å². The van der Waals surface area contributed by atoms with Gasteiger partial charge in [0.2, 0.25) is 0 Å². The number of fused-ring (bicyclic) bond motifs is 1. The van der Waals surface area contributed by atoms with Crippen molar-refractivity contribution in [2.75, 3.05) is 13.1 Å². The molecule has 0 radical (unpaired) electrons. The van der Waals surface area contributed by atoms with Crippen molar-refractivity contribution in [3.05, 3.63) is 45.6 Å². The van der Waals surface area contributed by atoms with Crippen molar-refractivity contribution in [1.29, 1.82) is 0 Å². The minimum atomic E-state index is 0.868. The first-order valence-corrected chi connectivity index (χ1v) is 9.68. The van der Waals surface area contributed by atoms with Crippen LogP contribution in [0.3, 0.4) is 0 Å². The molecule has 3 aromatic rings. The summed E-state index contributed by atoms with van der Waals surface area (Å²) in [5.74, 6) is 0. The third-order valence-electron chi connectivity index (χ3n) is 4.26. The maximum Gasteiger partial charge on any atom is 0.105 e. The largest absolute Gasteiger partial charge is 0.308 e. The van der Waals surface area contributed by atoms with Gasteiger partial charge >= 0.3 is 0 Å². The monoisotopic (exact) mass is 344 g/mol. The van der Waals surface area contributed by atoms with Crippen LogP contribution in [0.5, 0.6) is 0 Å². The Balaban J connectivity index is 1.29. The van der Waals surface area contributed by atoms with Gasteiger partial charge in [0.1, 0.15) is 11.0 Å². The van der Waals surface area contributed by atoms with Crippen molar-refractivity contribution in [2.24, 2.45) is 0 Å². The molecule has 0 spiro atoms. The molecule has 0 saturated carbocycles. The first-order valence-electron chi connectivity index (χ1n) is 8.07. The van der Waals surface area contributed by atoms with Crippen LogP contribution in [0.15, 0.2) is 29.6 Å². The highest BCUT2D eigenvalue weighted by Gasteiger charge is 2.12. The Morgan fingerprint density at radius 3 is 2.78 bits per heavy atom. The van der Waals surface area contributed by atoms with Crippen molar-refractivity contribution in [2.45, 2.75) is 32.5 Å². The molecule has 4 nitrogen and oxygen atoms in total. The highest BCUT2D eigenvalue weighted by molar-refractivity contribution is 7.10. The highest BCUT2D eigenvalue weighted by atomic mass is 32.1. The minimum Gasteiger partial charge on any atom is -0.308 e. The SMILES string of the molecule is c1cc2nsnc2cc1CNCc1cc(CN2CCCC2)cs1. The molecule has 1 fully saturated rings. The lowest BCUT2D eigenvalue weighted by atomic mass is 10.2. The molecule has 0 aliphatic carbocycles. The van der Waals surface area contributed by atoms with Crippen LogP contribution in [0.1, 0.15) is 28.8 Å². The van der Waals surface area contributed by atoms with Crippen LogP contribution in [0, 0.1) is 0 Å². The summed E-state index contributed by atoms with van der Waals surface area (Å²) in [5.41, 5.74) is 4.71. The summed E-state index contributed by atoms with van der Waals surface area (Å²) in [7, 11) is 0. The zero-order valence-electron chi connectivity index (χ0n) is 13.0. The van der Waals surface area contributed by atoms with Crippen molar-refractivity contribution in [1.82, 2.24) is 19.0 Å². The molecule has 6 heteroatoms. The van der Waals surface area contributed by atoms with E-state index < -0.39 is 0 Å². The van der Waals surface area contributed by atoms with E-state index in [0.717, 1.165) is 30.7 Å². The van der Waals surface area contributed by atoms with Crippen molar-refractivity contribution in [3.63, 3.8) is 0 Å². The molecule has 1 aliphatic rings. The lowest BCUT2D eigenvalue weighted by Gasteiger charge is -2.12. The fourth-order valence-corrected chi connectivity index (χ4v) is 4.44. The fourth-order valence-electron chi connectivity index (χ4n) is 3.07. The van der Waals surface area contributed by atoms with Crippen LogP contribution >= 0.6 is 23.1 Å². The molecule has 0 atom stereocenters. The predicted molar refractivity (Wildman–Crippen MR) is 96.8 cm³/mol. The predicted octanol–water partition coefficient (Wildman–Crippen LogP) is 3.64. The quantitative estimate of drug-likeness (QED) is 0.741. The number of thiophene rings is 1. The second-order valence-electron chi connectivity index (χ2n) is 6.10. The van der Waals surface area contributed by atoms with E-state index in [1.807, 2.05) is 11.3 Å². The lowest BCUT2D eigenvalue weighted by Crippen LogP contribution is -2.17. The molecule has 3 heterocycles. The van der Waals surface area contributed by atoms with Crippen LogP contribution in [-0.2, 0) is 19.6 Å². The first kappa shape index (κ1) is 15.2. The minimum absolute atomic E-state index is 0.868. The van der Waals surface area contributed by atoms with E-state index in [2.05, 4.69) is 48.6 Å². The molecule has 120 valence electrons. The van der Waals surface area contributed by atoms with Gasteiger partial charge in [0.15, 0.2) is 0 Å². The summed E-state index contributed by atoms with van der Waals surface area (Å²) in [5, 5.41) is 5.84. The molecule has 1 N–H and O–H groups in total. The van der Waals surface area contributed by atoms with E-state index in [-0.39, 0.29) is 0 Å². The molecule has 2 aromatic heterocycles.